The highest BCUT2D eigenvalue weighted by atomic mass is 16.2. The van der Waals surface area contributed by atoms with Crippen LogP contribution in [0.2, 0.25) is 0 Å². The predicted molar refractivity (Wildman–Crippen MR) is 87.5 cm³/mol. The first-order chi connectivity index (χ1) is 11.6. The average molecular weight is 328 g/mol. The van der Waals surface area contributed by atoms with Crippen molar-refractivity contribution in [1.29, 1.82) is 0 Å². The van der Waals surface area contributed by atoms with Gasteiger partial charge < -0.3 is 14.7 Å². The summed E-state index contributed by atoms with van der Waals surface area (Å²) < 4.78 is 1.76. The summed E-state index contributed by atoms with van der Waals surface area (Å²) in [5, 5.41) is 4.55. The van der Waals surface area contributed by atoms with E-state index in [4.69, 9.17) is 0 Å². The number of hydrogen-bond acceptors (Lipinski definition) is 5. The highest BCUT2D eigenvalue weighted by Gasteiger charge is 2.35. The van der Waals surface area contributed by atoms with Gasteiger partial charge in [0.15, 0.2) is 5.65 Å². The van der Waals surface area contributed by atoms with E-state index < -0.39 is 0 Å². The SMILES string of the molecule is CN1CC(C(=O)N2CCN(c3ccc4nccn4n3)CC2)CC1=O. The van der Waals surface area contributed by atoms with Crippen LogP contribution < -0.4 is 4.90 Å². The van der Waals surface area contributed by atoms with Gasteiger partial charge in [0.1, 0.15) is 5.82 Å². The predicted octanol–water partition coefficient (Wildman–Crippen LogP) is -0.144. The average Bonchev–Trinajstić information content (AvgIpc) is 3.20. The molecule has 8 nitrogen and oxygen atoms in total. The van der Waals surface area contributed by atoms with Gasteiger partial charge in [-0.3, -0.25) is 9.59 Å². The van der Waals surface area contributed by atoms with Crippen LogP contribution in [0.3, 0.4) is 0 Å². The molecule has 0 saturated carbocycles. The van der Waals surface area contributed by atoms with Crippen LogP contribution in [0.1, 0.15) is 6.42 Å². The molecule has 2 aromatic rings. The first kappa shape index (κ1) is 14.9. The Morgan fingerprint density at radius 1 is 1.21 bits per heavy atom. The molecule has 2 aliphatic rings. The minimum Gasteiger partial charge on any atom is -0.352 e. The lowest BCUT2D eigenvalue weighted by molar-refractivity contribution is -0.136. The maximum atomic E-state index is 12.6. The second kappa shape index (κ2) is 5.77. The third kappa shape index (κ3) is 2.57. The van der Waals surface area contributed by atoms with Crippen molar-refractivity contribution in [1.82, 2.24) is 24.4 Å². The number of aromatic nitrogens is 3. The summed E-state index contributed by atoms with van der Waals surface area (Å²) in [4.78, 5) is 34.1. The number of rotatable bonds is 2. The van der Waals surface area contributed by atoms with Crippen LogP contribution in [0.5, 0.6) is 0 Å². The van der Waals surface area contributed by atoms with Gasteiger partial charge in [0.2, 0.25) is 11.8 Å². The fourth-order valence-corrected chi connectivity index (χ4v) is 3.42. The largest absolute Gasteiger partial charge is 0.352 e. The molecule has 1 unspecified atom stereocenters. The molecule has 4 rings (SSSR count). The van der Waals surface area contributed by atoms with Crippen molar-refractivity contribution < 1.29 is 9.59 Å². The molecule has 126 valence electrons. The molecule has 0 aromatic carbocycles. The first-order valence-electron chi connectivity index (χ1n) is 8.20. The van der Waals surface area contributed by atoms with Crippen LogP contribution in [0.4, 0.5) is 5.82 Å². The normalized spacial score (nSPS) is 21.8. The Balaban J connectivity index is 1.39. The molecule has 1 atom stereocenters. The van der Waals surface area contributed by atoms with E-state index in [0.29, 0.717) is 26.1 Å². The van der Waals surface area contributed by atoms with E-state index >= 15 is 0 Å². The van der Waals surface area contributed by atoms with Gasteiger partial charge in [-0.1, -0.05) is 0 Å². The maximum Gasteiger partial charge on any atom is 0.228 e. The molecule has 4 heterocycles. The third-order valence-electron chi connectivity index (χ3n) is 4.85. The van der Waals surface area contributed by atoms with Gasteiger partial charge in [-0.2, -0.15) is 0 Å². The van der Waals surface area contributed by atoms with Crippen LogP contribution in [-0.2, 0) is 9.59 Å². The second-order valence-corrected chi connectivity index (χ2v) is 6.41. The number of fused-ring (bicyclic) bond motifs is 1. The van der Waals surface area contributed by atoms with Crippen molar-refractivity contribution in [3.63, 3.8) is 0 Å². The van der Waals surface area contributed by atoms with E-state index in [1.54, 1.807) is 22.7 Å². The topological polar surface area (TPSA) is 74.1 Å². The van der Waals surface area contributed by atoms with E-state index in [0.717, 1.165) is 24.6 Å². The summed E-state index contributed by atoms with van der Waals surface area (Å²) >= 11 is 0. The van der Waals surface area contributed by atoms with Crippen molar-refractivity contribution in [2.24, 2.45) is 5.92 Å². The minimum atomic E-state index is -0.186. The van der Waals surface area contributed by atoms with Crippen LogP contribution in [-0.4, -0.2) is 76.0 Å². The Kier molecular flexibility index (Phi) is 3.59. The molecule has 0 aliphatic carbocycles. The number of carbonyl (C=O) groups is 2. The highest BCUT2D eigenvalue weighted by Crippen LogP contribution is 2.20. The van der Waals surface area contributed by atoms with Crippen molar-refractivity contribution in [2.45, 2.75) is 6.42 Å². The molecule has 2 aromatic heterocycles. The van der Waals surface area contributed by atoms with E-state index in [1.165, 1.54) is 0 Å². The molecule has 0 spiro atoms. The lowest BCUT2D eigenvalue weighted by atomic mass is 10.1. The molecular weight excluding hydrogens is 308 g/mol. The number of piperazine rings is 1. The Bertz CT molecular complexity index is 780. The molecule has 0 radical (unpaired) electrons. The zero-order valence-corrected chi connectivity index (χ0v) is 13.6. The van der Waals surface area contributed by atoms with Gasteiger partial charge in [-0.25, -0.2) is 9.50 Å². The van der Waals surface area contributed by atoms with Crippen LogP contribution in [0.15, 0.2) is 24.5 Å². The Hall–Kier alpha value is -2.64. The van der Waals surface area contributed by atoms with Crippen molar-refractivity contribution in [3.05, 3.63) is 24.5 Å². The van der Waals surface area contributed by atoms with Gasteiger partial charge in [0.05, 0.1) is 5.92 Å². The van der Waals surface area contributed by atoms with Crippen LogP contribution >= 0.6 is 0 Å². The van der Waals surface area contributed by atoms with Gasteiger partial charge in [0.25, 0.3) is 0 Å². The zero-order valence-electron chi connectivity index (χ0n) is 13.6. The van der Waals surface area contributed by atoms with Crippen LogP contribution in [0, 0.1) is 5.92 Å². The zero-order chi connectivity index (χ0) is 16.7. The van der Waals surface area contributed by atoms with Crippen molar-refractivity contribution >= 4 is 23.3 Å². The summed E-state index contributed by atoms with van der Waals surface area (Å²) in [6.07, 6.45) is 3.89. The maximum absolute atomic E-state index is 12.6. The Morgan fingerprint density at radius 3 is 2.71 bits per heavy atom. The Morgan fingerprint density at radius 2 is 2.00 bits per heavy atom. The molecule has 0 bridgehead atoms. The van der Waals surface area contributed by atoms with E-state index in [1.807, 2.05) is 23.2 Å². The molecule has 2 aliphatic heterocycles. The standard InChI is InChI=1S/C16H20N6O2/c1-19-11-12(10-15(19)23)16(24)21-8-6-20(7-9-21)14-3-2-13-17-4-5-22(13)18-14/h2-5,12H,6-11H2,1H3. The summed E-state index contributed by atoms with van der Waals surface area (Å²) in [6.45, 7) is 3.36. The fraction of sp³-hybridized carbons (Fsp3) is 0.500. The van der Waals surface area contributed by atoms with Gasteiger partial charge in [-0.15, -0.1) is 5.10 Å². The Labute approximate surface area is 139 Å². The first-order valence-corrected chi connectivity index (χ1v) is 8.20. The second-order valence-electron chi connectivity index (χ2n) is 6.41. The fourth-order valence-electron chi connectivity index (χ4n) is 3.42. The summed E-state index contributed by atoms with van der Waals surface area (Å²) in [5.74, 6) is 0.869. The summed E-state index contributed by atoms with van der Waals surface area (Å²) in [7, 11) is 1.76. The highest BCUT2D eigenvalue weighted by molar-refractivity contribution is 5.89. The van der Waals surface area contributed by atoms with Crippen molar-refractivity contribution in [2.75, 3.05) is 44.7 Å². The molecule has 24 heavy (non-hydrogen) atoms. The number of likely N-dealkylation sites (tertiary alicyclic amines) is 1. The van der Waals surface area contributed by atoms with E-state index in [-0.39, 0.29) is 17.7 Å². The van der Waals surface area contributed by atoms with Crippen LogP contribution in [0.25, 0.3) is 5.65 Å². The number of anilines is 1. The quantitative estimate of drug-likeness (QED) is 0.767. The number of carbonyl (C=O) groups excluding carboxylic acids is 2. The van der Waals surface area contributed by atoms with Crippen molar-refractivity contribution in [3.8, 4) is 0 Å². The van der Waals surface area contributed by atoms with E-state index in [9.17, 15) is 9.59 Å². The van der Waals surface area contributed by atoms with E-state index in [2.05, 4.69) is 15.0 Å². The third-order valence-corrected chi connectivity index (χ3v) is 4.85. The molecule has 2 amide bonds. The molecule has 2 fully saturated rings. The molecule has 8 heteroatoms. The minimum absolute atomic E-state index is 0.0600. The lowest BCUT2D eigenvalue weighted by Gasteiger charge is -2.36. The molecule has 0 N–H and O–H groups in total. The molecular formula is C16H20N6O2. The lowest BCUT2D eigenvalue weighted by Crippen LogP contribution is -2.51. The number of nitrogens with zero attached hydrogens (tertiary/aromatic N) is 6. The molecule has 2 saturated heterocycles. The number of imidazole rings is 1. The summed E-state index contributed by atoms with van der Waals surface area (Å²) in [5.41, 5.74) is 0.822. The van der Waals surface area contributed by atoms with Gasteiger partial charge in [-0.05, 0) is 12.1 Å². The summed E-state index contributed by atoms with van der Waals surface area (Å²) in [6, 6.07) is 3.91. The number of amides is 2. The van der Waals surface area contributed by atoms with Gasteiger partial charge >= 0.3 is 0 Å². The monoisotopic (exact) mass is 328 g/mol. The van der Waals surface area contributed by atoms with Gasteiger partial charge in [0, 0.05) is 58.6 Å². The number of hydrogen-bond donors (Lipinski definition) is 0. The smallest absolute Gasteiger partial charge is 0.228 e.